The van der Waals surface area contributed by atoms with Crippen LogP contribution in [0.4, 0.5) is 5.82 Å². The normalized spacial score (nSPS) is 20.3. The minimum atomic E-state index is -0.300. The molecule has 5 heteroatoms. The fourth-order valence-corrected chi connectivity index (χ4v) is 3.92. The summed E-state index contributed by atoms with van der Waals surface area (Å²) in [6.07, 6.45) is 4.38. The molecule has 0 bridgehead atoms. The van der Waals surface area contributed by atoms with Gasteiger partial charge in [-0.2, -0.15) is 0 Å². The van der Waals surface area contributed by atoms with Crippen LogP contribution in [0.1, 0.15) is 11.1 Å². The molecule has 1 fully saturated rings. The molecule has 3 heterocycles. The molecule has 0 saturated carbocycles. The SMILES string of the molecule is CN(C)c1ccc(CN2C[C@@H](Cc3ccnc4ccccc34)[C@@H](O)C2)cn1. The zero-order valence-corrected chi connectivity index (χ0v) is 15.9. The van der Waals surface area contributed by atoms with Gasteiger partial charge in [-0.1, -0.05) is 24.3 Å². The summed E-state index contributed by atoms with van der Waals surface area (Å²) < 4.78 is 0. The number of para-hydroxylation sites is 1. The van der Waals surface area contributed by atoms with Crippen molar-refractivity contribution in [1.82, 2.24) is 14.9 Å². The lowest BCUT2D eigenvalue weighted by molar-refractivity contribution is 0.141. The molecular weight excluding hydrogens is 336 g/mol. The first-order valence-electron chi connectivity index (χ1n) is 9.45. The van der Waals surface area contributed by atoms with Gasteiger partial charge in [-0.3, -0.25) is 9.88 Å². The van der Waals surface area contributed by atoms with Gasteiger partial charge >= 0.3 is 0 Å². The third kappa shape index (κ3) is 3.94. The molecule has 2 aromatic heterocycles. The van der Waals surface area contributed by atoms with E-state index < -0.39 is 0 Å². The number of pyridine rings is 2. The standard InChI is InChI=1S/C22H26N4O/c1-25(2)22-8-7-16(12-24-22)13-26-14-18(21(27)15-26)11-17-9-10-23-20-6-4-3-5-19(17)20/h3-10,12,18,21,27H,11,13-15H2,1-2H3/t18-,21+/m1/s1. The Bertz CT molecular complexity index is 904. The first-order valence-corrected chi connectivity index (χ1v) is 9.45. The number of rotatable bonds is 5. The number of benzene rings is 1. The zero-order valence-electron chi connectivity index (χ0n) is 15.9. The molecule has 0 amide bonds. The molecule has 27 heavy (non-hydrogen) atoms. The van der Waals surface area contributed by atoms with E-state index in [9.17, 15) is 5.11 Å². The zero-order chi connectivity index (χ0) is 18.8. The summed E-state index contributed by atoms with van der Waals surface area (Å²) in [6, 6.07) is 14.5. The second kappa shape index (κ2) is 7.62. The molecular formula is C22H26N4O. The van der Waals surface area contributed by atoms with Crippen LogP contribution in [0.15, 0.2) is 54.9 Å². The Hall–Kier alpha value is -2.50. The average molecular weight is 362 g/mol. The van der Waals surface area contributed by atoms with Gasteiger partial charge in [0.05, 0.1) is 11.6 Å². The van der Waals surface area contributed by atoms with Crippen LogP contribution >= 0.6 is 0 Å². The van der Waals surface area contributed by atoms with Gasteiger partial charge in [-0.05, 0) is 35.7 Å². The number of nitrogens with zero attached hydrogens (tertiary/aromatic N) is 4. The fourth-order valence-electron chi connectivity index (χ4n) is 3.92. The molecule has 1 N–H and O–H groups in total. The maximum absolute atomic E-state index is 10.6. The number of fused-ring (bicyclic) bond motifs is 1. The summed E-state index contributed by atoms with van der Waals surface area (Å²) in [5.74, 6) is 1.20. The number of aliphatic hydroxyl groups excluding tert-OH is 1. The van der Waals surface area contributed by atoms with E-state index in [4.69, 9.17) is 0 Å². The van der Waals surface area contributed by atoms with Crippen molar-refractivity contribution >= 4 is 16.7 Å². The number of hydrogen-bond donors (Lipinski definition) is 1. The van der Waals surface area contributed by atoms with Gasteiger partial charge in [-0.15, -0.1) is 0 Å². The monoisotopic (exact) mass is 362 g/mol. The van der Waals surface area contributed by atoms with Crippen molar-refractivity contribution < 1.29 is 5.11 Å². The summed E-state index contributed by atoms with van der Waals surface area (Å²) in [5.41, 5.74) is 3.47. The van der Waals surface area contributed by atoms with E-state index in [0.717, 1.165) is 30.8 Å². The van der Waals surface area contributed by atoms with Crippen LogP contribution in [-0.4, -0.2) is 53.3 Å². The minimum Gasteiger partial charge on any atom is -0.391 e. The van der Waals surface area contributed by atoms with Crippen LogP contribution in [0.25, 0.3) is 10.9 Å². The van der Waals surface area contributed by atoms with Gasteiger partial charge in [0.2, 0.25) is 0 Å². The molecule has 0 unspecified atom stereocenters. The lowest BCUT2D eigenvalue weighted by Gasteiger charge is -2.17. The lowest BCUT2D eigenvalue weighted by Crippen LogP contribution is -2.21. The first kappa shape index (κ1) is 17.9. The third-order valence-electron chi connectivity index (χ3n) is 5.38. The van der Waals surface area contributed by atoms with E-state index in [1.807, 2.05) is 49.6 Å². The van der Waals surface area contributed by atoms with E-state index in [1.165, 1.54) is 16.5 Å². The summed E-state index contributed by atoms with van der Waals surface area (Å²) in [4.78, 5) is 13.3. The molecule has 2 atom stereocenters. The Balaban J connectivity index is 1.43. The maximum Gasteiger partial charge on any atom is 0.127 e. The van der Waals surface area contributed by atoms with Gasteiger partial charge in [0.1, 0.15) is 5.82 Å². The molecule has 1 saturated heterocycles. The smallest absolute Gasteiger partial charge is 0.127 e. The maximum atomic E-state index is 10.6. The second-order valence-corrected chi connectivity index (χ2v) is 7.63. The summed E-state index contributed by atoms with van der Waals surface area (Å²) in [6.45, 7) is 2.43. The van der Waals surface area contributed by atoms with Gasteiger partial charge in [0, 0.05) is 57.4 Å². The fraction of sp³-hybridized carbons (Fsp3) is 0.364. The first-order chi connectivity index (χ1) is 13.1. The van der Waals surface area contributed by atoms with Crippen LogP contribution in [0.3, 0.4) is 0 Å². The Kier molecular flexibility index (Phi) is 5.05. The van der Waals surface area contributed by atoms with E-state index >= 15 is 0 Å². The number of likely N-dealkylation sites (tertiary alicyclic amines) is 1. The molecule has 1 aromatic carbocycles. The molecule has 140 valence electrons. The third-order valence-corrected chi connectivity index (χ3v) is 5.38. The molecule has 1 aliphatic heterocycles. The summed E-state index contributed by atoms with van der Waals surface area (Å²) >= 11 is 0. The van der Waals surface area contributed by atoms with E-state index in [2.05, 4.69) is 39.1 Å². The van der Waals surface area contributed by atoms with Crippen molar-refractivity contribution in [2.24, 2.45) is 5.92 Å². The van der Waals surface area contributed by atoms with Gasteiger partial charge in [0.25, 0.3) is 0 Å². The van der Waals surface area contributed by atoms with Crippen molar-refractivity contribution in [2.45, 2.75) is 19.1 Å². The minimum absolute atomic E-state index is 0.241. The molecule has 0 spiro atoms. The van der Waals surface area contributed by atoms with Gasteiger partial charge in [-0.25, -0.2) is 4.98 Å². The topological polar surface area (TPSA) is 52.5 Å². The van der Waals surface area contributed by atoms with Crippen LogP contribution in [0.5, 0.6) is 0 Å². The quantitative estimate of drug-likeness (QED) is 0.756. The highest BCUT2D eigenvalue weighted by Crippen LogP contribution is 2.26. The van der Waals surface area contributed by atoms with Crippen molar-refractivity contribution in [2.75, 3.05) is 32.1 Å². The van der Waals surface area contributed by atoms with E-state index in [-0.39, 0.29) is 12.0 Å². The number of anilines is 1. The van der Waals surface area contributed by atoms with Crippen LogP contribution in [0, 0.1) is 5.92 Å². The van der Waals surface area contributed by atoms with Gasteiger partial charge < -0.3 is 10.0 Å². The van der Waals surface area contributed by atoms with Crippen LogP contribution < -0.4 is 4.90 Å². The second-order valence-electron chi connectivity index (χ2n) is 7.63. The Morgan fingerprint density at radius 1 is 1.07 bits per heavy atom. The molecule has 4 rings (SSSR count). The predicted octanol–water partition coefficient (Wildman–Crippen LogP) is 2.73. The average Bonchev–Trinajstić information content (AvgIpc) is 3.01. The Morgan fingerprint density at radius 3 is 2.70 bits per heavy atom. The number of aromatic nitrogens is 2. The van der Waals surface area contributed by atoms with Crippen molar-refractivity contribution in [3.8, 4) is 0 Å². The highest BCUT2D eigenvalue weighted by molar-refractivity contribution is 5.81. The number of hydrogen-bond acceptors (Lipinski definition) is 5. The van der Waals surface area contributed by atoms with Crippen molar-refractivity contribution in [3.05, 3.63) is 66.0 Å². The van der Waals surface area contributed by atoms with E-state index in [1.54, 1.807) is 0 Å². The Morgan fingerprint density at radius 2 is 1.93 bits per heavy atom. The predicted molar refractivity (Wildman–Crippen MR) is 109 cm³/mol. The number of β-amino-alcohol motifs (C(OH)–C–C–N with tert-alkyl or cyclic N) is 1. The molecule has 5 nitrogen and oxygen atoms in total. The van der Waals surface area contributed by atoms with E-state index in [0.29, 0.717) is 6.54 Å². The molecule has 3 aromatic rings. The van der Waals surface area contributed by atoms with Crippen molar-refractivity contribution in [1.29, 1.82) is 0 Å². The highest BCUT2D eigenvalue weighted by Gasteiger charge is 2.31. The molecule has 0 radical (unpaired) electrons. The number of aliphatic hydroxyl groups is 1. The van der Waals surface area contributed by atoms with Crippen LogP contribution in [-0.2, 0) is 13.0 Å². The summed E-state index contributed by atoms with van der Waals surface area (Å²) in [7, 11) is 3.98. The molecule has 0 aliphatic carbocycles. The molecule has 1 aliphatic rings. The van der Waals surface area contributed by atoms with Crippen molar-refractivity contribution in [3.63, 3.8) is 0 Å². The summed E-state index contributed by atoms with van der Waals surface area (Å²) in [5, 5.41) is 11.8. The lowest BCUT2D eigenvalue weighted by atomic mass is 9.94. The largest absolute Gasteiger partial charge is 0.391 e. The Labute approximate surface area is 160 Å². The highest BCUT2D eigenvalue weighted by atomic mass is 16.3. The van der Waals surface area contributed by atoms with Crippen LogP contribution in [0.2, 0.25) is 0 Å². The van der Waals surface area contributed by atoms with Gasteiger partial charge in [0.15, 0.2) is 0 Å².